The summed E-state index contributed by atoms with van der Waals surface area (Å²) >= 11 is 1.40. The summed E-state index contributed by atoms with van der Waals surface area (Å²) in [7, 11) is 0. The summed E-state index contributed by atoms with van der Waals surface area (Å²) in [6.07, 6.45) is 5.11. The highest BCUT2D eigenvalue weighted by Gasteiger charge is 2.15. The molecule has 3 heterocycles. The number of benzene rings is 1. The lowest BCUT2D eigenvalue weighted by Crippen LogP contribution is -2.25. The molecule has 0 bridgehead atoms. The molecule has 144 valence electrons. The topological polar surface area (TPSA) is 79.8 Å². The summed E-state index contributed by atoms with van der Waals surface area (Å²) in [5.74, 6) is 0.382. The molecule has 0 aliphatic rings. The van der Waals surface area contributed by atoms with Gasteiger partial charge in [0.25, 0.3) is 5.91 Å². The minimum atomic E-state index is -0.0969. The van der Waals surface area contributed by atoms with E-state index in [-0.39, 0.29) is 11.9 Å². The maximum atomic E-state index is 12.6. The third-order valence-corrected chi connectivity index (χ3v) is 5.41. The predicted octanol–water partition coefficient (Wildman–Crippen LogP) is 4.83. The van der Waals surface area contributed by atoms with E-state index in [2.05, 4.69) is 25.6 Å². The highest BCUT2D eigenvalue weighted by Crippen LogP contribution is 2.28. The number of nitrogens with zero attached hydrogens (tertiary/aromatic N) is 3. The molecule has 3 aromatic heterocycles. The average molecular weight is 401 g/mol. The number of anilines is 2. The molecule has 4 aromatic rings. The molecule has 7 heteroatoms. The van der Waals surface area contributed by atoms with Crippen LogP contribution in [0, 0.1) is 0 Å². The van der Waals surface area contributed by atoms with Gasteiger partial charge >= 0.3 is 0 Å². The number of thiophene rings is 1. The van der Waals surface area contributed by atoms with Crippen LogP contribution in [0.3, 0.4) is 0 Å². The maximum absolute atomic E-state index is 12.6. The van der Waals surface area contributed by atoms with Crippen molar-refractivity contribution >= 4 is 28.9 Å². The van der Waals surface area contributed by atoms with Crippen molar-refractivity contribution in [2.24, 2.45) is 0 Å². The molecule has 29 heavy (non-hydrogen) atoms. The van der Waals surface area contributed by atoms with Crippen molar-refractivity contribution in [2.45, 2.75) is 13.0 Å². The van der Waals surface area contributed by atoms with Crippen LogP contribution in [0.4, 0.5) is 11.6 Å². The predicted molar refractivity (Wildman–Crippen MR) is 115 cm³/mol. The molecule has 0 aliphatic carbocycles. The zero-order chi connectivity index (χ0) is 20.1. The zero-order valence-electron chi connectivity index (χ0n) is 15.7. The van der Waals surface area contributed by atoms with Crippen LogP contribution in [0.25, 0.3) is 10.6 Å². The first-order valence-corrected chi connectivity index (χ1v) is 9.97. The molecule has 1 amide bonds. The van der Waals surface area contributed by atoms with Crippen molar-refractivity contribution in [3.05, 3.63) is 89.7 Å². The van der Waals surface area contributed by atoms with Gasteiger partial charge in [-0.15, -0.1) is 11.3 Å². The maximum Gasteiger partial charge on any atom is 0.261 e. The number of aromatic nitrogens is 3. The minimum Gasteiger partial charge on any atom is -0.345 e. The normalized spacial score (nSPS) is 11.6. The standard InChI is InChI=1S/C22H19N5OS/c1-15(16-6-3-2-4-7-16)25-21(28)20-10-9-19(29-20)18-11-13-24-22(27-18)26-17-8-5-12-23-14-17/h2-15H,1H3,(H,25,28)(H,24,26,27)/t15-/m1/s1. The second-order valence-electron chi connectivity index (χ2n) is 6.40. The number of hydrogen-bond acceptors (Lipinski definition) is 6. The lowest BCUT2D eigenvalue weighted by molar-refractivity contribution is 0.0944. The van der Waals surface area contributed by atoms with Gasteiger partial charge in [0.15, 0.2) is 0 Å². The van der Waals surface area contributed by atoms with E-state index in [1.807, 2.05) is 67.6 Å². The highest BCUT2D eigenvalue weighted by atomic mass is 32.1. The first-order chi connectivity index (χ1) is 14.2. The molecule has 0 spiro atoms. The molecule has 2 N–H and O–H groups in total. The summed E-state index contributed by atoms with van der Waals surface area (Å²) in [6.45, 7) is 1.97. The smallest absolute Gasteiger partial charge is 0.261 e. The molecular formula is C22H19N5OS. The molecule has 0 saturated carbocycles. The Bertz CT molecular complexity index is 1100. The van der Waals surface area contributed by atoms with E-state index in [9.17, 15) is 4.79 Å². The van der Waals surface area contributed by atoms with Gasteiger partial charge < -0.3 is 10.6 Å². The molecule has 6 nitrogen and oxygen atoms in total. The van der Waals surface area contributed by atoms with Crippen molar-refractivity contribution in [1.29, 1.82) is 0 Å². The van der Waals surface area contributed by atoms with E-state index in [4.69, 9.17) is 0 Å². The SMILES string of the molecule is C[C@@H](NC(=O)c1ccc(-c2ccnc(Nc3cccnc3)n2)s1)c1ccccc1. The molecule has 0 saturated heterocycles. The van der Waals surface area contributed by atoms with Gasteiger partial charge in [-0.1, -0.05) is 30.3 Å². The third kappa shape index (κ3) is 4.64. The van der Waals surface area contributed by atoms with Crippen molar-refractivity contribution in [3.63, 3.8) is 0 Å². The van der Waals surface area contributed by atoms with Gasteiger partial charge in [-0.2, -0.15) is 0 Å². The van der Waals surface area contributed by atoms with Crippen LogP contribution in [0.1, 0.15) is 28.2 Å². The Morgan fingerprint density at radius 2 is 1.86 bits per heavy atom. The number of nitrogens with one attached hydrogen (secondary N) is 2. The van der Waals surface area contributed by atoms with Gasteiger partial charge in [-0.25, -0.2) is 9.97 Å². The van der Waals surface area contributed by atoms with E-state index in [0.717, 1.165) is 21.8 Å². The summed E-state index contributed by atoms with van der Waals surface area (Å²) in [5, 5.41) is 6.17. The number of pyridine rings is 1. The van der Waals surface area contributed by atoms with Crippen molar-refractivity contribution in [2.75, 3.05) is 5.32 Å². The van der Waals surface area contributed by atoms with E-state index in [1.165, 1.54) is 11.3 Å². The van der Waals surface area contributed by atoms with Gasteiger partial charge in [0.1, 0.15) is 0 Å². The van der Waals surface area contributed by atoms with Crippen LogP contribution in [0.5, 0.6) is 0 Å². The summed E-state index contributed by atoms with van der Waals surface area (Å²) in [5.41, 5.74) is 2.64. The number of carbonyl (C=O) groups is 1. The zero-order valence-corrected chi connectivity index (χ0v) is 16.6. The second-order valence-corrected chi connectivity index (χ2v) is 7.49. The Balaban J connectivity index is 1.47. The van der Waals surface area contributed by atoms with Crippen molar-refractivity contribution < 1.29 is 4.79 Å². The van der Waals surface area contributed by atoms with Crippen LogP contribution in [0.15, 0.2) is 79.3 Å². The summed E-state index contributed by atoms with van der Waals surface area (Å²) in [6, 6.07) is 19.1. The Kier molecular flexibility index (Phi) is 5.58. The average Bonchev–Trinajstić information content (AvgIpc) is 3.26. The monoisotopic (exact) mass is 401 g/mol. The molecular weight excluding hydrogens is 382 g/mol. The Labute approximate surface area is 172 Å². The first kappa shape index (κ1) is 18.8. The number of carbonyl (C=O) groups excluding carboxylic acids is 1. The van der Waals surface area contributed by atoms with Crippen molar-refractivity contribution in [1.82, 2.24) is 20.3 Å². The Hall–Kier alpha value is -3.58. The molecule has 0 unspecified atom stereocenters. The minimum absolute atomic E-state index is 0.0661. The van der Waals surface area contributed by atoms with E-state index < -0.39 is 0 Å². The number of amides is 1. The molecule has 0 aliphatic heterocycles. The Morgan fingerprint density at radius 1 is 1.00 bits per heavy atom. The molecule has 4 rings (SSSR count). The first-order valence-electron chi connectivity index (χ1n) is 9.15. The lowest BCUT2D eigenvalue weighted by Gasteiger charge is -2.13. The van der Waals surface area contributed by atoms with Gasteiger partial charge in [-0.3, -0.25) is 9.78 Å². The second kappa shape index (κ2) is 8.62. The highest BCUT2D eigenvalue weighted by molar-refractivity contribution is 7.17. The van der Waals surface area contributed by atoms with Crippen LogP contribution in [-0.4, -0.2) is 20.9 Å². The fourth-order valence-corrected chi connectivity index (χ4v) is 3.69. The van der Waals surface area contributed by atoms with Gasteiger partial charge in [0, 0.05) is 12.4 Å². The van der Waals surface area contributed by atoms with Crippen LogP contribution >= 0.6 is 11.3 Å². The van der Waals surface area contributed by atoms with Crippen molar-refractivity contribution in [3.8, 4) is 10.6 Å². The summed E-state index contributed by atoms with van der Waals surface area (Å²) < 4.78 is 0. The molecule has 1 atom stereocenters. The number of rotatable bonds is 6. The molecule has 0 radical (unpaired) electrons. The molecule has 1 aromatic carbocycles. The van der Waals surface area contributed by atoms with Gasteiger partial charge in [0.2, 0.25) is 5.95 Å². The lowest BCUT2D eigenvalue weighted by atomic mass is 10.1. The van der Waals surface area contributed by atoms with E-state index in [1.54, 1.807) is 18.6 Å². The fourth-order valence-electron chi connectivity index (χ4n) is 2.81. The van der Waals surface area contributed by atoms with Crippen LogP contribution in [-0.2, 0) is 0 Å². The quantitative estimate of drug-likeness (QED) is 0.483. The van der Waals surface area contributed by atoms with Crippen LogP contribution in [0.2, 0.25) is 0 Å². The number of hydrogen-bond donors (Lipinski definition) is 2. The fraction of sp³-hybridized carbons (Fsp3) is 0.0909. The van der Waals surface area contributed by atoms with E-state index in [0.29, 0.717) is 10.8 Å². The van der Waals surface area contributed by atoms with Gasteiger partial charge in [-0.05, 0) is 42.8 Å². The van der Waals surface area contributed by atoms with Crippen LogP contribution < -0.4 is 10.6 Å². The Morgan fingerprint density at radius 3 is 2.66 bits per heavy atom. The largest absolute Gasteiger partial charge is 0.345 e. The summed E-state index contributed by atoms with van der Waals surface area (Å²) in [4.78, 5) is 27.0. The third-order valence-electron chi connectivity index (χ3n) is 4.30. The van der Waals surface area contributed by atoms with Gasteiger partial charge in [0.05, 0.1) is 33.4 Å². The molecule has 0 fully saturated rings. The van der Waals surface area contributed by atoms with E-state index >= 15 is 0 Å².